The van der Waals surface area contributed by atoms with Crippen molar-refractivity contribution in [2.45, 2.75) is 30.7 Å². The maximum atomic E-state index is 9.75. The predicted octanol–water partition coefficient (Wildman–Crippen LogP) is 1.54. The van der Waals surface area contributed by atoms with Crippen LogP contribution < -0.4 is 4.74 Å². The van der Waals surface area contributed by atoms with Crippen LogP contribution in [0.4, 0.5) is 0 Å². The van der Waals surface area contributed by atoms with Crippen molar-refractivity contribution in [2.24, 2.45) is 0 Å². The normalized spacial score (nSPS) is 23.6. The molecule has 4 rings (SSSR count). The average molecular weight is 501 g/mol. The second-order valence-electron chi connectivity index (χ2n) is 8.02. The Kier molecular flexibility index (Phi) is 9.12. The summed E-state index contributed by atoms with van der Waals surface area (Å²) in [5.74, 6) is 0.631. The summed E-state index contributed by atoms with van der Waals surface area (Å²) < 4.78 is 10.5. The van der Waals surface area contributed by atoms with Gasteiger partial charge in [-0.15, -0.1) is 0 Å². The molecule has 1 fully saturated rings. The molecule has 0 aliphatic carbocycles. The average Bonchev–Trinajstić information content (AvgIpc) is 2.85. The monoisotopic (exact) mass is 500 g/mol. The summed E-state index contributed by atoms with van der Waals surface area (Å²) in [4.78, 5) is 0. The van der Waals surface area contributed by atoms with Crippen molar-refractivity contribution >= 4 is 12.2 Å². The number of phenols is 4. The Morgan fingerprint density at radius 3 is 1.72 bits per heavy atom. The molecule has 10 heteroatoms. The number of phenolic OH excluding ortho intramolecular Hbond substituents is 4. The van der Waals surface area contributed by atoms with Gasteiger partial charge >= 0.3 is 0 Å². The van der Waals surface area contributed by atoms with E-state index in [1.165, 1.54) is 30.3 Å². The zero-order valence-electron chi connectivity index (χ0n) is 19.0. The minimum atomic E-state index is -1.48. The van der Waals surface area contributed by atoms with Crippen LogP contribution >= 0.6 is 0 Å². The molecule has 36 heavy (non-hydrogen) atoms. The van der Waals surface area contributed by atoms with Gasteiger partial charge in [-0.05, 0) is 59.7 Å². The van der Waals surface area contributed by atoms with Gasteiger partial charge in [0, 0.05) is 6.07 Å². The molecule has 0 saturated carbocycles. The van der Waals surface area contributed by atoms with Gasteiger partial charge < -0.3 is 50.3 Å². The van der Waals surface area contributed by atoms with E-state index in [9.17, 15) is 25.5 Å². The molecule has 1 heterocycles. The second-order valence-corrected chi connectivity index (χ2v) is 8.02. The Bertz CT molecular complexity index is 1110. The summed E-state index contributed by atoms with van der Waals surface area (Å²) in [6, 6.07) is 16.8. The van der Waals surface area contributed by atoms with Crippen LogP contribution in [0.1, 0.15) is 11.1 Å². The highest BCUT2D eigenvalue weighted by atomic mass is 16.7. The fraction of sp³-hybridized carbons (Fsp3) is 0.231. The maximum Gasteiger partial charge on any atom is 0.229 e. The zero-order valence-corrected chi connectivity index (χ0v) is 19.0. The van der Waals surface area contributed by atoms with Gasteiger partial charge in [-0.3, -0.25) is 0 Å². The van der Waals surface area contributed by atoms with Gasteiger partial charge in [-0.25, -0.2) is 0 Å². The van der Waals surface area contributed by atoms with Gasteiger partial charge in [0.05, 0.1) is 6.61 Å². The maximum absolute atomic E-state index is 9.75. The largest absolute Gasteiger partial charge is 0.508 e. The number of hydrogen-bond donors (Lipinski definition) is 8. The van der Waals surface area contributed by atoms with Crippen LogP contribution in [0.25, 0.3) is 12.2 Å². The summed E-state index contributed by atoms with van der Waals surface area (Å²) in [5, 5.41) is 74.8. The van der Waals surface area contributed by atoms with E-state index in [4.69, 9.17) is 24.8 Å². The summed E-state index contributed by atoms with van der Waals surface area (Å²) in [7, 11) is 0. The van der Waals surface area contributed by atoms with Crippen molar-refractivity contribution in [3.05, 3.63) is 77.9 Å². The van der Waals surface area contributed by atoms with Gasteiger partial charge in [-0.2, -0.15) is 0 Å². The smallest absolute Gasteiger partial charge is 0.229 e. The van der Waals surface area contributed by atoms with E-state index in [2.05, 4.69) is 0 Å². The topological polar surface area (TPSA) is 180 Å². The molecular formula is C26H28O10. The van der Waals surface area contributed by atoms with E-state index in [-0.39, 0.29) is 23.0 Å². The third-order valence-corrected chi connectivity index (χ3v) is 5.22. The lowest BCUT2D eigenvalue weighted by Crippen LogP contribution is -2.60. The molecule has 3 aromatic carbocycles. The number of aliphatic hydroxyl groups excluding tert-OH is 4. The van der Waals surface area contributed by atoms with Crippen LogP contribution in [0.3, 0.4) is 0 Å². The van der Waals surface area contributed by atoms with E-state index in [0.717, 1.165) is 5.56 Å². The predicted molar refractivity (Wildman–Crippen MR) is 129 cm³/mol. The van der Waals surface area contributed by atoms with E-state index in [0.29, 0.717) is 11.3 Å². The molecule has 0 unspecified atom stereocenters. The van der Waals surface area contributed by atoms with Gasteiger partial charge in [0.25, 0.3) is 0 Å². The molecule has 5 atom stereocenters. The number of aromatic hydroxyl groups is 4. The Hall–Kier alpha value is -3.80. The van der Waals surface area contributed by atoms with Gasteiger partial charge in [0.2, 0.25) is 6.29 Å². The quantitative estimate of drug-likeness (QED) is 0.239. The molecule has 1 aliphatic heterocycles. The second kappa shape index (κ2) is 12.2. The lowest BCUT2D eigenvalue weighted by Gasteiger charge is -2.39. The highest BCUT2D eigenvalue weighted by Crippen LogP contribution is 2.25. The molecule has 8 N–H and O–H groups in total. The van der Waals surface area contributed by atoms with Crippen molar-refractivity contribution in [2.75, 3.05) is 6.61 Å². The van der Waals surface area contributed by atoms with E-state index >= 15 is 0 Å². The molecule has 1 saturated heterocycles. The van der Waals surface area contributed by atoms with Crippen LogP contribution in [0.2, 0.25) is 0 Å². The number of rotatable bonds is 5. The fourth-order valence-corrected chi connectivity index (χ4v) is 3.32. The molecule has 0 amide bonds. The minimum absolute atomic E-state index is 0.0235. The van der Waals surface area contributed by atoms with Crippen LogP contribution in [0.5, 0.6) is 28.7 Å². The Morgan fingerprint density at radius 2 is 1.17 bits per heavy atom. The van der Waals surface area contributed by atoms with Gasteiger partial charge in [0.1, 0.15) is 53.2 Å². The lowest BCUT2D eigenvalue weighted by molar-refractivity contribution is -0.277. The molecule has 0 spiro atoms. The molecular weight excluding hydrogens is 472 g/mol. The molecule has 192 valence electrons. The molecule has 0 radical (unpaired) electrons. The molecule has 3 aromatic rings. The van der Waals surface area contributed by atoms with Crippen LogP contribution in [-0.2, 0) is 4.74 Å². The lowest BCUT2D eigenvalue weighted by atomic mass is 9.99. The third kappa shape index (κ3) is 7.35. The standard InChI is InChI=1S/C14H12O3.C12H16O7/c15-12-5-3-10(4-6-12)1-2-11-7-13(16)9-14(17)8-11;13-5-8-9(15)10(16)11(17)12(19-8)18-7-3-1-6(14)2-4-7/h1-9,15-17H;1-4,8-17H,5H2/b2-1+;/t;8-,9-,10+,11-,12-/m.1/s1. The first kappa shape index (κ1) is 26.8. The zero-order chi connectivity index (χ0) is 26.2. The van der Waals surface area contributed by atoms with E-state index in [1.807, 2.05) is 6.08 Å². The van der Waals surface area contributed by atoms with Crippen molar-refractivity contribution in [3.63, 3.8) is 0 Å². The first-order chi connectivity index (χ1) is 17.2. The summed E-state index contributed by atoms with van der Waals surface area (Å²) in [5.41, 5.74) is 1.63. The Morgan fingerprint density at radius 1 is 0.639 bits per heavy atom. The van der Waals surface area contributed by atoms with E-state index in [1.54, 1.807) is 42.5 Å². The SMILES string of the molecule is OC[C@H]1O[C@@H](Oc2ccc(O)cc2)[C@H](O)[C@@H](O)[C@@H]1O.Oc1ccc(/C=C/c2cc(O)cc(O)c2)cc1. The minimum Gasteiger partial charge on any atom is -0.508 e. The van der Waals surface area contributed by atoms with Crippen LogP contribution in [0, 0.1) is 0 Å². The Balaban J connectivity index is 0.000000202. The van der Waals surface area contributed by atoms with Crippen molar-refractivity contribution in [1.29, 1.82) is 0 Å². The molecule has 10 nitrogen and oxygen atoms in total. The van der Waals surface area contributed by atoms with Crippen molar-refractivity contribution < 1.29 is 50.3 Å². The fourth-order valence-electron chi connectivity index (χ4n) is 3.32. The third-order valence-electron chi connectivity index (χ3n) is 5.22. The molecule has 0 bridgehead atoms. The summed E-state index contributed by atoms with van der Waals surface area (Å²) in [6.45, 7) is -0.514. The number of ether oxygens (including phenoxy) is 2. The van der Waals surface area contributed by atoms with Gasteiger partial charge in [0.15, 0.2) is 0 Å². The number of benzene rings is 3. The Labute approximate surface area is 206 Å². The molecule has 0 aromatic heterocycles. The highest BCUT2D eigenvalue weighted by Gasteiger charge is 2.44. The van der Waals surface area contributed by atoms with E-state index < -0.39 is 37.3 Å². The first-order valence-electron chi connectivity index (χ1n) is 10.9. The van der Waals surface area contributed by atoms with Crippen molar-refractivity contribution in [3.8, 4) is 28.7 Å². The van der Waals surface area contributed by atoms with Crippen LogP contribution in [-0.4, -0.2) is 78.2 Å². The van der Waals surface area contributed by atoms with Crippen molar-refractivity contribution in [1.82, 2.24) is 0 Å². The summed E-state index contributed by atoms with van der Waals surface area (Å²) >= 11 is 0. The van der Waals surface area contributed by atoms with Crippen LogP contribution in [0.15, 0.2) is 66.7 Å². The van der Waals surface area contributed by atoms with Gasteiger partial charge in [-0.1, -0.05) is 24.3 Å². The number of aliphatic hydroxyl groups is 4. The first-order valence-corrected chi connectivity index (χ1v) is 10.9. The number of hydrogen-bond acceptors (Lipinski definition) is 10. The highest BCUT2D eigenvalue weighted by molar-refractivity contribution is 5.71. The summed E-state index contributed by atoms with van der Waals surface area (Å²) in [6.07, 6.45) is -2.99. The molecule has 1 aliphatic rings.